The van der Waals surface area contributed by atoms with Crippen LogP contribution in [0.4, 0.5) is 0 Å². The van der Waals surface area contributed by atoms with E-state index in [1.807, 2.05) is 0 Å². The molecule has 1 aliphatic rings. The molecule has 1 aliphatic carbocycles. The summed E-state index contributed by atoms with van der Waals surface area (Å²) >= 11 is 0. The summed E-state index contributed by atoms with van der Waals surface area (Å²) in [6.45, 7) is 10.9. The second-order valence-corrected chi connectivity index (χ2v) is 11.0. The minimum atomic E-state index is -1.82. The number of carbonyl (C=O) groups is 1. The van der Waals surface area contributed by atoms with Gasteiger partial charge in [-0.3, -0.25) is 4.79 Å². The quantitative estimate of drug-likeness (QED) is 0.775. The van der Waals surface area contributed by atoms with Gasteiger partial charge in [0, 0.05) is 0 Å². The second-order valence-electron chi connectivity index (χ2n) is 6.29. The van der Waals surface area contributed by atoms with E-state index < -0.39 is 14.3 Å². The first kappa shape index (κ1) is 13.7. The van der Waals surface area contributed by atoms with Crippen LogP contribution in [-0.2, 0) is 9.22 Å². The van der Waals surface area contributed by atoms with Crippen molar-refractivity contribution in [3.63, 3.8) is 0 Å². The van der Waals surface area contributed by atoms with E-state index in [9.17, 15) is 4.79 Å². The largest absolute Gasteiger partial charge is 0.481 e. The van der Waals surface area contributed by atoms with Crippen molar-refractivity contribution in [1.29, 1.82) is 0 Å². The molecule has 1 fully saturated rings. The Hall–Kier alpha value is -0.353. The Morgan fingerprint density at radius 3 is 2.31 bits per heavy atom. The maximum atomic E-state index is 11.1. The fraction of sp³-hybridized carbons (Fsp3) is 0.917. The molecule has 0 unspecified atom stereocenters. The van der Waals surface area contributed by atoms with E-state index in [4.69, 9.17) is 9.53 Å². The molecule has 0 aliphatic heterocycles. The fourth-order valence-corrected chi connectivity index (χ4v) is 3.30. The molecule has 4 heteroatoms. The highest BCUT2D eigenvalue weighted by Gasteiger charge is 2.43. The minimum Gasteiger partial charge on any atom is -0.481 e. The van der Waals surface area contributed by atoms with E-state index in [-0.39, 0.29) is 17.1 Å². The molecule has 16 heavy (non-hydrogen) atoms. The van der Waals surface area contributed by atoms with Gasteiger partial charge in [-0.15, -0.1) is 0 Å². The van der Waals surface area contributed by atoms with E-state index in [1.165, 1.54) is 0 Å². The third-order valence-corrected chi connectivity index (χ3v) is 8.53. The number of hydrogen-bond donors (Lipinski definition) is 1. The first-order chi connectivity index (χ1) is 7.15. The molecule has 0 aromatic rings. The number of hydrogen-bond acceptors (Lipinski definition) is 2. The minimum absolute atomic E-state index is 0.0570. The van der Waals surface area contributed by atoms with Crippen LogP contribution in [0.25, 0.3) is 0 Å². The molecule has 3 nitrogen and oxygen atoms in total. The summed E-state index contributed by atoms with van der Waals surface area (Å²) in [5.41, 5.74) is 0. The van der Waals surface area contributed by atoms with Crippen LogP contribution in [0.15, 0.2) is 0 Å². The Morgan fingerprint density at radius 1 is 1.31 bits per heavy atom. The lowest BCUT2D eigenvalue weighted by Crippen LogP contribution is -2.45. The summed E-state index contributed by atoms with van der Waals surface area (Å²) in [6, 6.07) is 0. The Morgan fingerprint density at radius 2 is 1.88 bits per heavy atom. The van der Waals surface area contributed by atoms with Gasteiger partial charge in [-0.1, -0.05) is 20.8 Å². The first-order valence-electron chi connectivity index (χ1n) is 6.06. The average molecular weight is 244 g/mol. The third-order valence-electron chi connectivity index (χ3n) is 4.02. The summed E-state index contributed by atoms with van der Waals surface area (Å²) in [6.07, 6.45) is 2.60. The van der Waals surface area contributed by atoms with Gasteiger partial charge in [0.15, 0.2) is 8.32 Å². The smallest absolute Gasteiger partial charge is 0.309 e. The summed E-state index contributed by atoms with van der Waals surface area (Å²) in [7, 11) is -1.82. The SMILES string of the molecule is CC(C)(C)[Si](C)(C)O[C@@H]1CCC[C@@H]1C(=O)O. The molecule has 0 bridgehead atoms. The van der Waals surface area contributed by atoms with Crippen molar-refractivity contribution in [2.45, 2.75) is 64.3 Å². The molecular weight excluding hydrogens is 220 g/mol. The predicted octanol–water partition coefficient (Wildman–Crippen LogP) is 3.26. The number of carboxylic acids is 1. The van der Waals surface area contributed by atoms with Gasteiger partial charge in [-0.25, -0.2) is 0 Å². The van der Waals surface area contributed by atoms with Crippen LogP contribution < -0.4 is 0 Å². The summed E-state index contributed by atoms with van der Waals surface area (Å²) in [4.78, 5) is 11.1. The van der Waals surface area contributed by atoms with Crippen LogP contribution >= 0.6 is 0 Å². The third kappa shape index (κ3) is 2.86. The normalized spacial score (nSPS) is 27.1. The molecule has 0 aromatic carbocycles. The maximum Gasteiger partial charge on any atom is 0.309 e. The molecule has 1 N–H and O–H groups in total. The zero-order chi connectivity index (χ0) is 12.6. The van der Waals surface area contributed by atoms with E-state index in [2.05, 4.69) is 33.9 Å². The Kier molecular flexibility index (Phi) is 3.85. The predicted molar refractivity (Wildman–Crippen MR) is 67.0 cm³/mol. The van der Waals surface area contributed by atoms with Crippen LogP contribution in [0.3, 0.4) is 0 Å². The Bertz CT molecular complexity index is 268. The van der Waals surface area contributed by atoms with E-state index >= 15 is 0 Å². The van der Waals surface area contributed by atoms with Crippen molar-refractivity contribution in [1.82, 2.24) is 0 Å². The van der Waals surface area contributed by atoms with Crippen molar-refractivity contribution in [2.75, 3.05) is 0 Å². The monoisotopic (exact) mass is 244 g/mol. The van der Waals surface area contributed by atoms with E-state index in [0.29, 0.717) is 0 Å². The summed E-state index contributed by atoms with van der Waals surface area (Å²) in [5.74, 6) is -0.977. The van der Waals surface area contributed by atoms with Gasteiger partial charge >= 0.3 is 5.97 Å². The van der Waals surface area contributed by atoms with Gasteiger partial charge in [0.05, 0.1) is 12.0 Å². The summed E-state index contributed by atoms with van der Waals surface area (Å²) < 4.78 is 6.20. The average Bonchev–Trinajstić information content (AvgIpc) is 2.49. The molecular formula is C12H24O3Si. The van der Waals surface area contributed by atoms with Gasteiger partial charge in [-0.05, 0) is 37.4 Å². The number of rotatable bonds is 3. The zero-order valence-electron chi connectivity index (χ0n) is 11.0. The van der Waals surface area contributed by atoms with Crippen molar-refractivity contribution in [3.8, 4) is 0 Å². The van der Waals surface area contributed by atoms with Gasteiger partial charge in [0.2, 0.25) is 0 Å². The highest BCUT2D eigenvalue weighted by atomic mass is 28.4. The van der Waals surface area contributed by atoms with Crippen LogP contribution in [0.5, 0.6) is 0 Å². The topological polar surface area (TPSA) is 46.5 Å². The standard InChI is InChI=1S/C12H24O3Si/c1-12(2,3)16(4,5)15-10-8-6-7-9(10)11(13)14/h9-10H,6-8H2,1-5H3,(H,13,14)/t9-,10+/m0/s1. The van der Waals surface area contributed by atoms with Crippen molar-refractivity contribution in [3.05, 3.63) is 0 Å². The fourth-order valence-electron chi connectivity index (χ4n) is 1.90. The van der Waals surface area contributed by atoms with Crippen LogP contribution in [0, 0.1) is 5.92 Å². The molecule has 0 saturated heterocycles. The Labute approximate surface area is 99.3 Å². The molecule has 2 atom stereocenters. The van der Waals surface area contributed by atoms with Crippen molar-refractivity contribution >= 4 is 14.3 Å². The van der Waals surface area contributed by atoms with Gasteiger partial charge < -0.3 is 9.53 Å². The lowest BCUT2D eigenvalue weighted by Gasteiger charge is -2.39. The number of aliphatic carboxylic acids is 1. The molecule has 94 valence electrons. The lowest BCUT2D eigenvalue weighted by molar-refractivity contribution is -0.144. The molecule has 0 radical (unpaired) electrons. The van der Waals surface area contributed by atoms with E-state index in [0.717, 1.165) is 19.3 Å². The second kappa shape index (κ2) is 4.49. The van der Waals surface area contributed by atoms with Crippen molar-refractivity contribution in [2.24, 2.45) is 5.92 Å². The van der Waals surface area contributed by atoms with Crippen LogP contribution in [-0.4, -0.2) is 25.5 Å². The van der Waals surface area contributed by atoms with Crippen molar-refractivity contribution < 1.29 is 14.3 Å². The van der Waals surface area contributed by atoms with E-state index in [1.54, 1.807) is 0 Å². The van der Waals surface area contributed by atoms with Gasteiger partial charge in [0.25, 0.3) is 0 Å². The Balaban J connectivity index is 2.70. The van der Waals surface area contributed by atoms with Crippen LogP contribution in [0.1, 0.15) is 40.0 Å². The zero-order valence-corrected chi connectivity index (χ0v) is 12.0. The molecule has 0 spiro atoms. The highest BCUT2D eigenvalue weighted by Crippen LogP contribution is 2.40. The first-order valence-corrected chi connectivity index (χ1v) is 8.96. The molecule has 0 aromatic heterocycles. The molecule has 0 amide bonds. The summed E-state index contributed by atoms with van der Waals surface area (Å²) in [5, 5.41) is 9.27. The maximum absolute atomic E-state index is 11.1. The van der Waals surface area contributed by atoms with Crippen LogP contribution in [0.2, 0.25) is 18.1 Å². The molecule has 1 saturated carbocycles. The number of carboxylic acid groups (broad SMARTS) is 1. The lowest BCUT2D eigenvalue weighted by atomic mass is 10.1. The molecule has 1 rings (SSSR count). The highest BCUT2D eigenvalue weighted by molar-refractivity contribution is 6.74. The van der Waals surface area contributed by atoms with Gasteiger partial charge in [-0.2, -0.15) is 0 Å². The molecule has 0 heterocycles. The van der Waals surface area contributed by atoms with Gasteiger partial charge in [0.1, 0.15) is 0 Å².